The number of halogens is 3. The molecule has 2 N–H and O–H groups in total. The zero-order chi connectivity index (χ0) is 20.3. The Kier molecular flexibility index (Phi) is 5.16. The predicted octanol–water partition coefficient (Wildman–Crippen LogP) is 3.45. The predicted molar refractivity (Wildman–Crippen MR) is 92.9 cm³/mol. The third kappa shape index (κ3) is 4.20. The Balaban J connectivity index is 1.77. The molecule has 0 saturated carbocycles. The lowest BCUT2D eigenvalue weighted by Crippen LogP contribution is -2.34. The van der Waals surface area contributed by atoms with Gasteiger partial charge >= 0.3 is 12.1 Å². The molecule has 0 fully saturated rings. The van der Waals surface area contributed by atoms with E-state index in [2.05, 4.69) is 10.4 Å². The highest BCUT2D eigenvalue weighted by atomic mass is 19.4. The molecule has 144 valence electrons. The summed E-state index contributed by atoms with van der Waals surface area (Å²) in [6.45, 7) is 0. The van der Waals surface area contributed by atoms with E-state index in [1.165, 1.54) is 29.1 Å². The lowest BCUT2D eigenvalue weighted by molar-refractivity contribution is -0.139. The van der Waals surface area contributed by atoms with Gasteiger partial charge in [0.1, 0.15) is 0 Å². The van der Waals surface area contributed by atoms with Gasteiger partial charge in [0.25, 0.3) is 5.91 Å². The van der Waals surface area contributed by atoms with Crippen molar-refractivity contribution in [1.29, 1.82) is 0 Å². The van der Waals surface area contributed by atoms with Crippen LogP contribution in [0.5, 0.6) is 0 Å². The smallest absolute Gasteiger partial charge is 0.416 e. The number of nitrogens with zero attached hydrogens (tertiary/aromatic N) is 2. The molecule has 0 aliphatic carbocycles. The summed E-state index contributed by atoms with van der Waals surface area (Å²) in [5.41, 5.74) is -0.147. The highest BCUT2D eigenvalue weighted by Gasteiger charge is 2.30. The van der Waals surface area contributed by atoms with E-state index < -0.39 is 29.7 Å². The summed E-state index contributed by atoms with van der Waals surface area (Å²) >= 11 is 0. The van der Waals surface area contributed by atoms with Crippen molar-refractivity contribution in [2.75, 3.05) is 0 Å². The summed E-state index contributed by atoms with van der Waals surface area (Å²) in [7, 11) is 0. The third-order valence-electron chi connectivity index (χ3n) is 3.94. The first-order chi connectivity index (χ1) is 13.3. The summed E-state index contributed by atoms with van der Waals surface area (Å²) in [5, 5.41) is 15.8. The molecular weight excluding hydrogens is 375 g/mol. The first-order valence-electron chi connectivity index (χ1n) is 8.07. The van der Waals surface area contributed by atoms with Crippen LogP contribution in [0.1, 0.15) is 27.7 Å². The molecule has 0 bridgehead atoms. The topological polar surface area (TPSA) is 84.2 Å². The number of benzene rings is 2. The second-order valence-electron chi connectivity index (χ2n) is 5.85. The number of rotatable bonds is 5. The van der Waals surface area contributed by atoms with Crippen LogP contribution >= 0.6 is 0 Å². The molecule has 3 aromatic rings. The number of amides is 1. The van der Waals surface area contributed by atoms with Crippen molar-refractivity contribution in [2.45, 2.75) is 12.2 Å². The summed E-state index contributed by atoms with van der Waals surface area (Å²) < 4.78 is 39.1. The molecule has 9 heteroatoms. The van der Waals surface area contributed by atoms with E-state index in [-0.39, 0.29) is 5.69 Å². The maximum absolute atomic E-state index is 12.6. The summed E-state index contributed by atoms with van der Waals surface area (Å²) in [6.07, 6.45) is -3.05. The fourth-order valence-corrected chi connectivity index (χ4v) is 2.53. The van der Waals surface area contributed by atoms with E-state index in [1.54, 1.807) is 30.3 Å². The zero-order valence-electron chi connectivity index (χ0n) is 14.2. The van der Waals surface area contributed by atoms with Crippen molar-refractivity contribution in [3.63, 3.8) is 0 Å². The van der Waals surface area contributed by atoms with Crippen LogP contribution in [0.25, 0.3) is 5.69 Å². The monoisotopic (exact) mass is 389 g/mol. The Morgan fingerprint density at radius 1 is 1.00 bits per heavy atom. The quantitative estimate of drug-likeness (QED) is 0.700. The maximum atomic E-state index is 12.6. The molecule has 1 amide bonds. The zero-order valence-corrected chi connectivity index (χ0v) is 14.2. The van der Waals surface area contributed by atoms with Gasteiger partial charge in [0.05, 0.1) is 11.3 Å². The van der Waals surface area contributed by atoms with Crippen LogP contribution in [0.2, 0.25) is 0 Å². The van der Waals surface area contributed by atoms with Gasteiger partial charge in [0.2, 0.25) is 0 Å². The molecular formula is C19H14F3N3O3. The average molecular weight is 389 g/mol. The molecule has 0 saturated heterocycles. The number of carboxylic acids is 1. The SMILES string of the molecule is O=C(NC(C(=O)O)c1ccccc1)c1ccn(-c2ccc(C(F)(F)F)cc2)n1. The van der Waals surface area contributed by atoms with Crippen molar-refractivity contribution < 1.29 is 27.9 Å². The van der Waals surface area contributed by atoms with Crippen molar-refractivity contribution >= 4 is 11.9 Å². The number of nitrogens with one attached hydrogen (secondary N) is 1. The van der Waals surface area contributed by atoms with Gasteiger partial charge in [-0.05, 0) is 35.9 Å². The van der Waals surface area contributed by atoms with Gasteiger partial charge < -0.3 is 10.4 Å². The standard InChI is InChI=1S/C19H14F3N3O3/c20-19(21,22)13-6-8-14(9-7-13)25-11-10-15(24-25)17(26)23-16(18(27)28)12-4-2-1-3-5-12/h1-11,16H,(H,23,26)(H,27,28). The minimum atomic E-state index is -4.45. The molecule has 1 atom stereocenters. The number of aromatic nitrogens is 2. The van der Waals surface area contributed by atoms with Crippen LogP contribution in [0.4, 0.5) is 13.2 Å². The van der Waals surface area contributed by atoms with Crippen LogP contribution in [0.3, 0.4) is 0 Å². The number of carboxylic acid groups (broad SMARTS) is 1. The first kappa shape index (κ1) is 19.2. The molecule has 28 heavy (non-hydrogen) atoms. The van der Waals surface area contributed by atoms with Gasteiger partial charge in [-0.3, -0.25) is 4.79 Å². The normalized spacial score (nSPS) is 12.4. The van der Waals surface area contributed by atoms with Crippen molar-refractivity contribution in [3.05, 3.63) is 83.7 Å². The molecule has 6 nitrogen and oxygen atoms in total. The first-order valence-corrected chi connectivity index (χ1v) is 8.07. The van der Waals surface area contributed by atoms with E-state index in [9.17, 15) is 27.9 Å². The summed E-state index contributed by atoms with van der Waals surface area (Å²) in [4.78, 5) is 23.8. The highest BCUT2D eigenvalue weighted by Crippen LogP contribution is 2.29. The molecule has 1 heterocycles. The molecule has 3 rings (SSSR count). The van der Waals surface area contributed by atoms with Gasteiger partial charge in [0, 0.05) is 6.20 Å². The lowest BCUT2D eigenvalue weighted by atomic mass is 10.1. The maximum Gasteiger partial charge on any atom is 0.416 e. The molecule has 0 aliphatic heterocycles. The van der Waals surface area contributed by atoms with Crippen LogP contribution in [-0.4, -0.2) is 26.8 Å². The second-order valence-corrected chi connectivity index (χ2v) is 5.85. The highest BCUT2D eigenvalue weighted by molar-refractivity contribution is 5.95. The van der Waals surface area contributed by atoms with Crippen LogP contribution < -0.4 is 5.32 Å². The summed E-state index contributed by atoms with van der Waals surface area (Å²) in [5.74, 6) is -1.95. The number of carbonyl (C=O) groups excluding carboxylic acids is 1. The fraction of sp³-hybridized carbons (Fsp3) is 0.105. The number of hydrogen-bond donors (Lipinski definition) is 2. The molecule has 2 aromatic carbocycles. The average Bonchev–Trinajstić information content (AvgIpc) is 3.16. The van der Waals surface area contributed by atoms with Crippen molar-refractivity contribution in [2.24, 2.45) is 0 Å². The summed E-state index contributed by atoms with van der Waals surface area (Å²) in [6, 6.07) is 12.5. The van der Waals surface area contributed by atoms with E-state index >= 15 is 0 Å². The number of aliphatic carboxylic acids is 1. The third-order valence-corrected chi connectivity index (χ3v) is 3.94. The van der Waals surface area contributed by atoms with Gasteiger partial charge in [-0.2, -0.15) is 18.3 Å². The van der Waals surface area contributed by atoms with Crippen molar-refractivity contribution in [3.8, 4) is 5.69 Å². The number of hydrogen-bond acceptors (Lipinski definition) is 3. The Morgan fingerprint density at radius 2 is 1.64 bits per heavy atom. The van der Waals surface area contributed by atoms with Gasteiger partial charge in [0.15, 0.2) is 11.7 Å². The molecule has 0 radical (unpaired) electrons. The Labute approximate surface area is 157 Å². The van der Waals surface area contributed by atoms with Crippen molar-refractivity contribution in [1.82, 2.24) is 15.1 Å². The minimum absolute atomic E-state index is 0.0675. The van der Waals surface area contributed by atoms with Crippen LogP contribution in [-0.2, 0) is 11.0 Å². The molecule has 0 aliphatic rings. The molecule has 1 unspecified atom stereocenters. The fourth-order valence-electron chi connectivity index (χ4n) is 2.53. The van der Waals surface area contributed by atoms with E-state index in [4.69, 9.17) is 0 Å². The Bertz CT molecular complexity index is 983. The van der Waals surface area contributed by atoms with E-state index in [1.807, 2.05) is 0 Å². The largest absolute Gasteiger partial charge is 0.479 e. The van der Waals surface area contributed by atoms with E-state index in [0.717, 1.165) is 12.1 Å². The minimum Gasteiger partial charge on any atom is -0.479 e. The Hall–Kier alpha value is -3.62. The lowest BCUT2D eigenvalue weighted by Gasteiger charge is -2.14. The Morgan fingerprint density at radius 3 is 2.21 bits per heavy atom. The second kappa shape index (κ2) is 7.55. The van der Waals surface area contributed by atoms with E-state index in [0.29, 0.717) is 11.3 Å². The van der Waals surface area contributed by atoms with Gasteiger partial charge in [-0.1, -0.05) is 30.3 Å². The number of alkyl halides is 3. The molecule has 1 aromatic heterocycles. The number of carbonyl (C=O) groups is 2. The van der Waals surface area contributed by atoms with Crippen LogP contribution in [0, 0.1) is 0 Å². The van der Waals surface area contributed by atoms with Gasteiger partial charge in [-0.15, -0.1) is 0 Å². The van der Waals surface area contributed by atoms with Crippen LogP contribution in [0.15, 0.2) is 66.9 Å². The molecule has 0 spiro atoms. The van der Waals surface area contributed by atoms with Gasteiger partial charge in [-0.25, -0.2) is 9.48 Å².